The average Bonchev–Trinajstić information content (AvgIpc) is 3.65. The van der Waals surface area contributed by atoms with Crippen LogP contribution in [0.15, 0.2) is 54.6 Å². The Kier molecular flexibility index (Phi) is 6.00. The first-order valence-electron chi connectivity index (χ1n) is 11.3. The smallest absolute Gasteiger partial charge is 0.376 e. The molecule has 2 aliphatic carbocycles. The maximum Gasteiger partial charge on any atom is 0.421 e. The number of nitrogens with zero attached hydrogens (tertiary/aromatic N) is 2. The van der Waals surface area contributed by atoms with E-state index in [1.165, 1.54) is 24.3 Å². The Bertz CT molecular complexity index is 1030. The maximum atomic E-state index is 13.4. The zero-order chi connectivity index (χ0) is 23.9. The monoisotopic (exact) mass is 456 g/mol. The number of nitriles is 1. The number of aliphatic hydroxyl groups is 1. The van der Waals surface area contributed by atoms with Crippen LogP contribution in [-0.2, 0) is 11.0 Å². The predicted molar refractivity (Wildman–Crippen MR) is 117 cm³/mol. The standard InChI is InChI=1S/C26H27F3N2O2/c1-24(33,26(27,28)29)19-9-7-18(8-10-19)23(32)31(21-11-12-21)22-13-15-25(17-30,16-14-22)20-5-3-2-4-6-20/h2-10,21-22,33H,11-16H2,1H3/t22?,24-,25?/m0/s1. The van der Waals surface area contributed by atoms with Crippen molar-refractivity contribution in [2.45, 2.75) is 74.7 Å². The summed E-state index contributed by atoms with van der Waals surface area (Å²) in [6.07, 6.45) is -0.287. The second-order valence-electron chi connectivity index (χ2n) is 9.38. The number of rotatable bonds is 5. The summed E-state index contributed by atoms with van der Waals surface area (Å²) >= 11 is 0. The summed E-state index contributed by atoms with van der Waals surface area (Å²) in [5.74, 6) is -0.204. The van der Waals surface area contributed by atoms with Crippen molar-refractivity contribution in [1.29, 1.82) is 5.26 Å². The van der Waals surface area contributed by atoms with Gasteiger partial charge in [0.05, 0.1) is 11.5 Å². The highest BCUT2D eigenvalue weighted by Crippen LogP contribution is 2.43. The van der Waals surface area contributed by atoms with Crippen molar-refractivity contribution >= 4 is 5.91 Å². The third-order valence-corrected chi connectivity index (χ3v) is 7.16. The molecular weight excluding hydrogens is 429 g/mol. The lowest BCUT2D eigenvalue weighted by atomic mass is 9.69. The SMILES string of the molecule is C[C@](O)(c1ccc(C(=O)N(C2CC2)C2CCC(C#N)(c3ccccc3)CC2)cc1)C(F)(F)F. The minimum atomic E-state index is -4.81. The number of amides is 1. The van der Waals surface area contributed by atoms with Gasteiger partial charge in [0.25, 0.3) is 5.91 Å². The molecule has 0 radical (unpaired) electrons. The molecule has 174 valence electrons. The molecule has 1 N–H and O–H groups in total. The van der Waals surface area contributed by atoms with E-state index < -0.39 is 17.2 Å². The Labute approximate surface area is 191 Å². The van der Waals surface area contributed by atoms with Crippen LogP contribution in [0.3, 0.4) is 0 Å². The number of hydrogen-bond acceptors (Lipinski definition) is 3. The van der Waals surface area contributed by atoms with E-state index in [4.69, 9.17) is 0 Å². The highest BCUT2D eigenvalue weighted by atomic mass is 19.4. The maximum absolute atomic E-state index is 13.4. The lowest BCUT2D eigenvalue weighted by molar-refractivity contribution is -0.258. The van der Waals surface area contributed by atoms with Crippen LogP contribution in [0.25, 0.3) is 0 Å². The van der Waals surface area contributed by atoms with Crippen molar-refractivity contribution in [1.82, 2.24) is 4.90 Å². The van der Waals surface area contributed by atoms with Crippen LogP contribution in [0.1, 0.15) is 66.9 Å². The van der Waals surface area contributed by atoms with Crippen LogP contribution in [0.5, 0.6) is 0 Å². The Balaban J connectivity index is 1.51. The average molecular weight is 457 g/mol. The van der Waals surface area contributed by atoms with Gasteiger partial charge in [-0.3, -0.25) is 4.79 Å². The molecule has 2 aliphatic rings. The van der Waals surface area contributed by atoms with Gasteiger partial charge in [-0.05, 0) is 68.7 Å². The van der Waals surface area contributed by atoms with Crippen LogP contribution < -0.4 is 0 Å². The van der Waals surface area contributed by atoms with Crippen molar-refractivity contribution in [2.24, 2.45) is 0 Å². The van der Waals surface area contributed by atoms with E-state index in [-0.39, 0.29) is 23.6 Å². The minimum absolute atomic E-state index is 0.00635. The molecule has 2 saturated carbocycles. The van der Waals surface area contributed by atoms with Gasteiger partial charge < -0.3 is 10.0 Å². The summed E-state index contributed by atoms with van der Waals surface area (Å²) in [6.45, 7) is 0.705. The van der Waals surface area contributed by atoms with E-state index in [1.54, 1.807) is 0 Å². The molecule has 0 spiro atoms. The van der Waals surface area contributed by atoms with Gasteiger partial charge in [-0.25, -0.2) is 0 Å². The van der Waals surface area contributed by atoms with Crippen molar-refractivity contribution in [3.63, 3.8) is 0 Å². The van der Waals surface area contributed by atoms with Crippen molar-refractivity contribution < 1.29 is 23.1 Å². The quantitative estimate of drug-likeness (QED) is 0.649. The lowest BCUT2D eigenvalue weighted by Gasteiger charge is -2.41. The molecule has 1 amide bonds. The molecule has 4 rings (SSSR count). The summed E-state index contributed by atoms with van der Waals surface area (Å²) in [7, 11) is 0. The first-order valence-corrected chi connectivity index (χ1v) is 11.3. The van der Waals surface area contributed by atoms with Gasteiger partial charge in [0.15, 0.2) is 5.60 Å². The van der Waals surface area contributed by atoms with Gasteiger partial charge >= 0.3 is 6.18 Å². The van der Waals surface area contributed by atoms with E-state index in [9.17, 15) is 28.3 Å². The molecule has 0 heterocycles. The summed E-state index contributed by atoms with van der Waals surface area (Å²) in [4.78, 5) is 15.2. The third kappa shape index (κ3) is 4.37. The molecule has 0 aromatic heterocycles. The van der Waals surface area contributed by atoms with E-state index in [1.807, 2.05) is 35.2 Å². The van der Waals surface area contributed by atoms with E-state index >= 15 is 0 Å². The first-order chi connectivity index (χ1) is 15.6. The minimum Gasteiger partial charge on any atom is -0.376 e. The second-order valence-corrected chi connectivity index (χ2v) is 9.38. The molecule has 0 saturated heterocycles. The summed E-state index contributed by atoms with van der Waals surface area (Å²) < 4.78 is 39.4. The number of halogens is 3. The highest BCUT2D eigenvalue weighted by Gasteiger charge is 2.51. The predicted octanol–water partition coefficient (Wildman–Crippen LogP) is 5.47. The fourth-order valence-corrected chi connectivity index (χ4v) is 4.83. The number of alkyl halides is 3. The Morgan fingerprint density at radius 2 is 1.55 bits per heavy atom. The Hall–Kier alpha value is -2.85. The number of carbonyl (C=O) groups is 1. The van der Waals surface area contributed by atoms with Gasteiger partial charge in [-0.15, -0.1) is 0 Å². The Morgan fingerprint density at radius 1 is 1.00 bits per heavy atom. The molecule has 1 atom stereocenters. The van der Waals surface area contributed by atoms with Gasteiger partial charge in [-0.2, -0.15) is 18.4 Å². The normalized spacial score (nSPS) is 25.0. The molecule has 33 heavy (non-hydrogen) atoms. The van der Waals surface area contributed by atoms with E-state index in [0.29, 0.717) is 38.2 Å². The van der Waals surface area contributed by atoms with Gasteiger partial charge in [-0.1, -0.05) is 42.5 Å². The molecule has 0 bridgehead atoms. The highest BCUT2D eigenvalue weighted by molar-refractivity contribution is 5.95. The van der Waals surface area contributed by atoms with Gasteiger partial charge in [0.2, 0.25) is 0 Å². The Morgan fingerprint density at radius 3 is 2.03 bits per heavy atom. The largest absolute Gasteiger partial charge is 0.421 e. The van der Waals surface area contributed by atoms with Crippen LogP contribution >= 0.6 is 0 Å². The van der Waals surface area contributed by atoms with E-state index in [0.717, 1.165) is 18.4 Å². The topological polar surface area (TPSA) is 64.3 Å². The molecule has 0 unspecified atom stereocenters. The van der Waals surface area contributed by atoms with Gasteiger partial charge in [0.1, 0.15) is 0 Å². The van der Waals surface area contributed by atoms with E-state index in [2.05, 4.69) is 6.07 Å². The van der Waals surface area contributed by atoms with Crippen LogP contribution in [0.4, 0.5) is 13.2 Å². The zero-order valence-electron chi connectivity index (χ0n) is 18.5. The molecule has 2 aromatic carbocycles. The molecule has 4 nitrogen and oxygen atoms in total. The van der Waals surface area contributed by atoms with Crippen molar-refractivity contribution in [2.75, 3.05) is 0 Å². The van der Waals surface area contributed by atoms with Crippen LogP contribution in [0.2, 0.25) is 0 Å². The third-order valence-electron chi connectivity index (χ3n) is 7.16. The second kappa shape index (κ2) is 8.49. The fourth-order valence-electron chi connectivity index (χ4n) is 4.83. The van der Waals surface area contributed by atoms with Crippen molar-refractivity contribution in [3.05, 3.63) is 71.3 Å². The molecule has 2 aromatic rings. The van der Waals surface area contributed by atoms with Crippen molar-refractivity contribution in [3.8, 4) is 6.07 Å². The fraction of sp³-hybridized carbons (Fsp3) is 0.462. The molecular formula is C26H27F3N2O2. The number of benzene rings is 2. The summed E-state index contributed by atoms with van der Waals surface area (Å²) in [6, 6.07) is 17.4. The molecule has 0 aliphatic heterocycles. The zero-order valence-corrected chi connectivity index (χ0v) is 18.5. The first kappa shape index (κ1) is 23.3. The lowest BCUT2D eigenvalue weighted by Crippen LogP contribution is -2.46. The van der Waals surface area contributed by atoms with Gasteiger partial charge in [0, 0.05) is 17.6 Å². The summed E-state index contributed by atoms with van der Waals surface area (Å²) in [5, 5.41) is 19.8. The van der Waals surface area contributed by atoms with Crippen LogP contribution in [-0.4, -0.2) is 34.2 Å². The molecule has 2 fully saturated rings. The van der Waals surface area contributed by atoms with Crippen LogP contribution in [0, 0.1) is 11.3 Å². The number of carbonyl (C=O) groups excluding carboxylic acids is 1. The summed E-state index contributed by atoms with van der Waals surface area (Å²) in [5.41, 5.74) is -2.53. The molecule has 7 heteroatoms. The number of hydrogen-bond donors (Lipinski definition) is 1.